The molecule has 0 spiro atoms. The van der Waals surface area contributed by atoms with Crippen LogP contribution < -0.4 is 5.32 Å². The highest BCUT2D eigenvalue weighted by molar-refractivity contribution is 6.35. The lowest BCUT2D eigenvalue weighted by molar-refractivity contribution is 0.678. The van der Waals surface area contributed by atoms with Crippen LogP contribution in [0.4, 0.5) is 0 Å². The minimum atomic E-state index is 0.671. The molecule has 0 radical (unpaired) electrons. The number of aryl methyl sites for hydroxylation is 1. The molecule has 0 atom stereocenters. The lowest BCUT2D eigenvalue weighted by Crippen LogP contribution is -2.14. The lowest BCUT2D eigenvalue weighted by Gasteiger charge is -2.08. The van der Waals surface area contributed by atoms with Gasteiger partial charge in [-0.3, -0.25) is 15.0 Å². The van der Waals surface area contributed by atoms with Crippen LogP contribution in [-0.2, 0) is 13.1 Å². The zero-order valence-electron chi connectivity index (χ0n) is 11.7. The fourth-order valence-corrected chi connectivity index (χ4v) is 2.39. The quantitative estimate of drug-likeness (QED) is 0.803. The molecule has 1 aromatic carbocycles. The highest BCUT2D eigenvalue weighted by Crippen LogP contribution is 2.24. The summed E-state index contributed by atoms with van der Waals surface area (Å²) in [6.45, 7) is 3.31. The molecule has 2 heterocycles. The lowest BCUT2D eigenvalue weighted by atomic mass is 10.1. The average molecular weight is 299 g/mol. The van der Waals surface area contributed by atoms with Crippen molar-refractivity contribution in [2.24, 2.45) is 0 Å². The van der Waals surface area contributed by atoms with Crippen LogP contribution in [0.5, 0.6) is 0 Å². The number of halogens is 1. The van der Waals surface area contributed by atoms with E-state index in [2.05, 4.69) is 20.3 Å². The Morgan fingerprint density at radius 3 is 2.76 bits per heavy atom. The average Bonchev–Trinajstić information content (AvgIpc) is 2.52. The van der Waals surface area contributed by atoms with Gasteiger partial charge in [0.25, 0.3) is 0 Å². The highest BCUT2D eigenvalue weighted by Gasteiger charge is 2.05. The van der Waals surface area contributed by atoms with Crippen molar-refractivity contribution in [1.82, 2.24) is 20.3 Å². The maximum atomic E-state index is 6.20. The Labute approximate surface area is 128 Å². The fourth-order valence-electron chi connectivity index (χ4n) is 2.17. The number of benzene rings is 1. The summed E-state index contributed by atoms with van der Waals surface area (Å²) in [6, 6.07) is 7.80. The van der Waals surface area contributed by atoms with Crippen molar-refractivity contribution < 1.29 is 0 Å². The van der Waals surface area contributed by atoms with E-state index < -0.39 is 0 Å². The standard InChI is InChI=1S/C16H15ClN4/c1-11-7-21-13(10-20-11)9-18-8-12-4-5-15(17)14-3-2-6-19-16(12)14/h2-7,10,18H,8-9H2,1H3. The van der Waals surface area contributed by atoms with E-state index in [1.54, 1.807) is 18.6 Å². The molecule has 106 valence electrons. The molecule has 4 nitrogen and oxygen atoms in total. The first-order valence-corrected chi connectivity index (χ1v) is 7.12. The highest BCUT2D eigenvalue weighted by atomic mass is 35.5. The number of aromatic nitrogens is 3. The molecular weight excluding hydrogens is 284 g/mol. The Bertz CT molecular complexity index is 756. The van der Waals surface area contributed by atoms with Crippen LogP contribution in [0.15, 0.2) is 42.9 Å². The van der Waals surface area contributed by atoms with Gasteiger partial charge in [0, 0.05) is 42.1 Å². The zero-order valence-corrected chi connectivity index (χ0v) is 12.4. The summed E-state index contributed by atoms with van der Waals surface area (Å²) in [6.07, 6.45) is 5.35. The maximum absolute atomic E-state index is 6.20. The molecule has 0 unspecified atom stereocenters. The molecule has 3 rings (SSSR count). The summed E-state index contributed by atoms with van der Waals surface area (Å²) >= 11 is 6.20. The molecule has 0 saturated heterocycles. The Kier molecular flexibility index (Phi) is 4.08. The summed E-state index contributed by atoms with van der Waals surface area (Å²) in [5.41, 5.74) is 3.90. The van der Waals surface area contributed by atoms with Crippen LogP contribution in [0.3, 0.4) is 0 Å². The van der Waals surface area contributed by atoms with Gasteiger partial charge in [-0.1, -0.05) is 17.7 Å². The molecule has 0 fully saturated rings. The Morgan fingerprint density at radius 1 is 1.05 bits per heavy atom. The zero-order chi connectivity index (χ0) is 14.7. The van der Waals surface area contributed by atoms with Gasteiger partial charge in [-0.15, -0.1) is 0 Å². The SMILES string of the molecule is Cc1cnc(CNCc2ccc(Cl)c3cccnc23)cn1. The topological polar surface area (TPSA) is 50.7 Å². The van der Waals surface area contributed by atoms with E-state index in [9.17, 15) is 0 Å². The fraction of sp³-hybridized carbons (Fsp3) is 0.188. The summed E-state index contributed by atoms with van der Waals surface area (Å²) < 4.78 is 0. The summed E-state index contributed by atoms with van der Waals surface area (Å²) in [4.78, 5) is 13.0. The van der Waals surface area contributed by atoms with E-state index in [0.717, 1.165) is 32.9 Å². The van der Waals surface area contributed by atoms with Crippen LogP contribution in [0, 0.1) is 6.92 Å². The predicted molar refractivity (Wildman–Crippen MR) is 84.1 cm³/mol. The van der Waals surface area contributed by atoms with E-state index in [4.69, 9.17) is 11.6 Å². The first kappa shape index (κ1) is 13.9. The molecule has 0 amide bonds. The molecule has 0 bridgehead atoms. The van der Waals surface area contributed by atoms with E-state index >= 15 is 0 Å². The molecule has 5 heteroatoms. The number of nitrogens with zero attached hydrogens (tertiary/aromatic N) is 3. The van der Waals surface area contributed by atoms with Crippen molar-refractivity contribution in [2.45, 2.75) is 20.0 Å². The molecular formula is C16H15ClN4. The van der Waals surface area contributed by atoms with Crippen LogP contribution in [0.1, 0.15) is 17.0 Å². The van der Waals surface area contributed by atoms with Gasteiger partial charge in [-0.25, -0.2) is 0 Å². The number of hydrogen-bond acceptors (Lipinski definition) is 4. The monoisotopic (exact) mass is 298 g/mol. The first-order chi connectivity index (χ1) is 10.2. The van der Waals surface area contributed by atoms with Crippen molar-refractivity contribution in [1.29, 1.82) is 0 Å². The van der Waals surface area contributed by atoms with Crippen molar-refractivity contribution in [3.63, 3.8) is 0 Å². The van der Waals surface area contributed by atoms with Gasteiger partial charge < -0.3 is 5.32 Å². The van der Waals surface area contributed by atoms with Gasteiger partial charge >= 0.3 is 0 Å². The third-order valence-electron chi connectivity index (χ3n) is 3.26. The van der Waals surface area contributed by atoms with Gasteiger partial charge in [0.05, 0.1) is 16.9 Å². The van der Waals surface area contributed by atoms with Gasteiger partial charge in [0.1, 0.15) is 0 Å². The minimum absolute atomic E-state index is 0.671. The number of rotatable bonds is 4. The van der Waals surface area contributed by atoms with Crippen molar-refractivity contribution in [2.75, 3.05) is 0 Å². The number of pyridine rings is 1. The van der Waals surface area contributed by atoms with Crippen molar-refractivity contribution in [3.05, 3.63) is 64.8 Å². The van der Waals surface area contributed by atoms with E-state index in [-0.39, 0.29) is 0 Å². The van der Waals surface area contributed by atoms with Gasteiger partial charge in [0.15, 0.2) is 0 Å². The Hall–Kier alpha value is -2.04. The molecule has 0 aliphatic rings. The summed E-state index contributed by atoms with van der Waals surface area (Å²) in [5.74, 6) is 0. The summed E-state index contributed by atoms with van der Waals surface area (Å²) in [7, 11) is 0. The maximum Gasteiger partial charge on any atom is 0.0761 e. The predicted octanol–water partition coefficient (Wildman–Crippen LogP) is 3.28. The summed E-state index contributed by atoms with van der Waals surface area (Å²) in [5, 5.41) is 5.07. The van der Waals surface area contributed by atoms with Crippen molar-refractivity contribution in [3.8, 4) is 0 Å². The van der Waals surface area contributed by atoms with E-state index in [0.29, 0.717) is 13.1 Å². The molecule has 0 aliphatic carbocycles. The van der Waals surface area contributed by atoms with Crippen molar-refractivity contribution >= 4 is 22.5 Å². The van der Waals surface area contributed by atoms with Crippen LogP contribution in [0.2, 0.25) is 5.02 Å². The molecule has 0 aliphatic heterocycles. The molecule has 0 saturated carbocycles. The Morgan fingerprint density at radius 2 is 1.95 bits per heavy atom. The first-order valence-electron chi connectivity index (χ1n) is 6.74. The molecule has 1 N–H and O–H groups in total. The second-order valence-corrected chi connectivity index (χ2v) is 5.27. The molecule has 21 heavy (non-hydrogen) atoms. The smallest absolute Gasteiger partial charge is 0.0761 e. The normalized spacial score (nSPS) is 11.0. The third kappa shape index (κ3) is 3.17. The van der Waals surface area contributed by atoms with Gasteiger partial charge in [-0.05, 0) is 30.7 Å². The van der Waals surface area contributed by atoms with Gasteiger partial charge in [-0.2, -0.15) is 0 Å². The second-order valence-electron chi connectivity index (χ2n) is 4.86. The second kappa shape index (κ2) is 6.16. The number of nitrogens with one attached hydrogen (secondary N) is 1. The van der Waals surface area contributed by atoms with Crippen LogP contribution in [0.25, 0.3) is 10.9 Å². The number of fused-ring (bicyclic) bond motifs is 1. The Balaban J connectivity index is 1.74. The van der Waals surface area contributed by atoms with Gasteiger partial charge in [0.2, 0.25) is 0 Å². The van der Waals surface area contributed by atoms with E-state index in [1.165, 1.54) is 0 Å². The van der Waals surface area contributed by atoms with E-state index in [1.807, 2.05) is 31.2 Å². The van der Waals surface area contributed by atoms with Crippen LogP contribution in [-0.4, -0.2) is 15.0 Å². The minimum Gasteiger partial charge on any atom is -0.307 e. The molecule has 2 aromatic heterocycles. The number of hydrogen-bond donors (Lipinski definition) is 1. The van der Waals surface area contributed by atoms with Crippen LogP contribution >= 0.6 is 11.6 Å². The molecule has 3 aromatic rings. The third-order valence-corrected chi connectivity index (χ3v) is 3.59. The largest absolute Gasteiger partial charge is 0.307 e.